The summed E-state index contributed by atoms with van der Waals surface area (Å²) in [5.74, 6) is -0.154. The standard InChI is InChI=1S/C16H21FN2S/c1-12(18-2)13-6-7-16(15(17)11-13)19(3)9-8-14-5-4-10-20-14/h4-7,10-12,18H,8-9H2,1-3H3. The van der Waals surface area contributed by atoms with Crippen LogP contribution in [-0.4, -0.2) is 20.6 Å². The summed E-state index contributed by atoms with van der Waals surface area (Å²) in [6, 6.07) is 9.81. The van der Waals surface area contributed by atoms with E-state index < -0.39 is 0 Å². The second-order valence-electron chi connectivity index (χ2n) is 4.97. The minimum Gasteiger partial charge on any atom is -0.372 e. The average Bonchev–Trinajstić information content (AvgIpc) is 2.97. The molecule has 0 saturated heterocycles. The van der Waals surface area contributed by atoms with E-state index in [1.165, 1.54) is 4.88 Å². The Labute approximate surface area is 124 Å². The normalized spacial score (nSPS) is 12.4. The summed E-state index contributed by atoms with van der Waals surface area (Å²) in [6.45, 7) is 2.84. The Hall–Kier alpha value is -1.39. The van der Waals surface area contributed by atoms with Gasteiger partial charge in [-0.05, 0) is 49.5 Å². The van der Waals surface area contributed by atoms with Gasteiger partial charge in [0.2, 0.25) is 0 Å². The van der Waals surface area contributed by atoms with Gasteiger partial charge in [0.05, 0.1) is 5.69 Å². The smallest absolute Gasteiger partial charge is 0.146 e. The maximum Gasteiger partial charge on any atom is 0.146 e. The highest BCUT2D eigenvalue weighted by Gasteiger charge is 2.11. The topological polar surface area (TPSA) is 15.3 Å². The van der Waals surface area contributed by atoms with Crippen molar-refractivity contribution in [2.75, 3.05) is 25.5 Å². The fourth-order valence-corrected chi connectivity index (χ4v) is 2.82. The van der Waals surface area contributed by atoms with Crippen LogP contribution in [0.25, 0.3) is 0 Å². The molecule has 4 heteroatoms. The summed E-state index contributed by atoms with van der Waals surface area (Å²) in [6.07, 6.45) is 0.947. The first kappa shape index (κ1) is 15.0. The van der Waals surface area contributed by atoms with E-state index >= 15 is 0 Å². The fourth-order valence-electron chi connectivity index (χ4n) is 2.12. The number of hydrogen-bond acceptors (Lipinski definition) is 3. The predicted octanol–water partition coefficient (Wildman–Crippen LogP) is 3.85. The van der Waals surface area contributed by atoms with Crippen LogP contribution in [0.5, 0.6) is 0 Å². The van der Waals surface area contributed by atoms with Gasteiger partial charge in [0, 0.05) is 24.5 Å². The SMILES string of the molecule is CNC(C)c1ccc(N(C)CCc2cccs2)c(F)c1. The van der Waals surface area contributed by atoms with Gasteiger partial charge >= 0.3 is 0 Å². The number of rotatable bonds is 6. The largest absolute Gasteiger partial charge is 0.372 e. The number of nitrogens with zero attached hydrogens (tertiary/aromatic N) is 1. The van der Waals surface area contributed by atoms with Gasteiger partial charge in [-0.15, -0.1) is 11.3 Å². The molecule has 20 heavy (non-hydrogen) atoms. The quantitative estimate of drug-likeness (QED) is 0.870. The van der Waals surface area contributed by atoms with Crippen molar-refractivity contribution in [1.82, 2.24) is 5.32 Å². The van der Waals surface area contributed by atoms with E-state index in [1.54, 1.807) is 17.4 Å². The molecule has 1 unspecified atom stereocenters. The van der Waals surface area contributed by atoms with E-state index in [2.05, 4.69) is 22.8 Å². The lowest BCUT2D eigenvalue weighted by Gasteiger charge is -2.21. The molecular weight excluding hydrogens is 271 g/mol. The maximum absolute atomic E-state index is 14.2. The lowest BCUT2D eigenvalue weighted by atomic mass is 10.1. The zero-order valence-corrected chi connectivity index (χ0v) is 13.0. The average molecular weight is 292 g/mol. The molecule has 0 radical (unpaired) electrons. The minimum atomic E-state index is -0.154. The van der Waals surface area contributed by atoms with Gasteiger partial charge < -0.3 is 10.2 Å². The highest BCUT2D eigenvalue weighted by Crippen LogP contribution is 2.23. The lowest BCUT2D eigenvalue weighted by Crippen LogP contribution is -2.21. The monoisotopic (exact) mass is 292 g/mol. The van der Waals surface area contributed by atoms with Gasteiger partial charge in [-0.3, -0.25) is 0 Å². The van der Waals surface area contributed by atoms with E-state index in [4.69, 9.17) is 0 Å². The molecule has 0 spiro atoms. The number of nitrogens with one attached hydrogen (secondary N) is 1. The summed E-state index contributed by atoms with van der Waals surface area (Å²) in [5, 5.41) is 5.20. The highest BCUT2D eigenvalue weighted by molar-refractivity contribution is 7.09. The summed E-state index contributed by atoms with van der Waals surface area (Å²) in [4.78, 5) is 3.31. The molecule has 0 aliphatic heterocycles. The maximum atomic E-state index is 14.2. The number of likely N-dealkylation sites (N-methyl/N-ethyl adjacent to an activating group) is 1. The first-order valence-electron chi connectivity index (χ1n) is 6.82. The summed E-state index contributed by atoms with van der Waals surface area (Å²) < 4.78 is 14.2. The minimum absolute atomic E-state index is 0.154. The number of hydrogen-bond donors (Lipinski definition) is 1. The molecule has 0 fully saturated rings. The molecule has 0 bridgehead atoms. The first-order valence-corrected chi connectivity index (χ1v) is 7.70. The Balaban J connectivity index is 2.04. The molecule has 1 heterocycles. The summed E-state index contributed by atoms with van der Waals surface area (Å²) in [7, 11) is 3.82. The summed E-state index contributed by atoms with van der Waals surface area (Å²) >= 11 is 1.74. The highest BCUT2D eigenvalue weighted by atomic mass is 32.1. The van der Waals surface area contributed by atoms with Crippen molar-refractivity contribution in [2.24, 2.45) is 0 Å². The van der Waals surface area contributed by atoms with Crippen molar-refractivity contribution >= 4 is 17.0 Å². The molecule has 0 saturated carbocycles. The second kappa shape index (κ2) is 6.86. The zero-order chi connectivity index (χ0) is 14.5. The molecule has 108 valence electrons. The Bertz CT molecular complexity index is 539. The van der Waals surface area contributed by atoms with Crippen LogP contribution < -0.4 is 10.2 Å². The van der Waals surface area contributed by atoms with Crippen LogP contribution in [0.2, 0.25) is 0 Å². The van der Waals surface area contributed by atoms with Gasteiger partial charge in [-0.1, -0.05) is 12.1 Å². The van der Waals surface area contributed by atoms with Gasteiger partial charge in [0.25, 0.3) is 0 Å². The molecule has 1 aromatic carbocycles. The van der Waals surface area contributed by atoms with E-state index in [1.807, 2.05) is 38.1 Å². The van der Waals surface area contributed by atoms with E-state index in [0.717, 1.165) is 18.5 Å². The Morgan fingerprint density at radius 3 is 2.75 bits per heavy atom. The first-order chi connectivity index (χ1) is 9.61. The van der Waals surface area contributed by atoms with E-state index in [0.29, 0.717) is 5.69 Å². The Morgan fingerprint density at radius 2 is 2.15 bits per heavy atom. The Kier molecular flexibility index (Phi) is 5.15. The van der Waals surface area contributed by atoms with Gasteiger partial charge in [-0.25, -0.2) is 4.39 Å². The molecule has 2 nitrogen and oxygen atoms in total. The molecule has 0 aliphatic rings. The summed E-state index contributed by atoms with van der Waals surface area (Å²) in [5.41, 5.74) is 1.63. The van der Waals surface area contributed by atoms with Crippen molar-refractivity contribution in [2.45, 2.75) is 19.4 Å². The zero-order valence-electron chi connectivity index (χ0n) is 12.2. The van der Waals surface area contributed by atoms with E-state index in [9.17, 15) is 4.39 Å². The van der Waals surface area contributed by atoms with Crippen LogP contribution in [0, 0.1) is 5.82 Å². The third-order valence-electron chi connectivity index (χ3n) is 3.59. The van der Waals surface area contributed by atoms with Crippen LogP contribution in [0.1, 0.15) is 23.4 Å². The van der Waals surface area contributed by atoms with Crippen molar-refractivity contribution in [3.05, 3.63) is 52.0 Å². The fraction of sp³-hybridized carbons (Fsp3) is 0.375. The van der Waals surface area contributed by atoms with Gasteiger partial charge in [0.15, 0.2) is 0 Å². The van der Waals surface area contributed by atoms with Crippen LogP contribution >= 0.6 is 11.3 Å². The second-order valence-corrected chi connectivity index (χ2v) is 6.00. The van der Waals surface area contributed by atoms with Crippen LogP contribution in [0.3, 0.4) is 0 Å². The van der Waals surface area contributed by atoms with Crippen LogP contribution in [0.15, 0.2) is 35.7 Å². The molecule has 1 aromatic heterocycles. The van der Waals surface area contributed by atoms with Crippen LogP contribution in [0.4, 0.5) is 10.1 Å². The number of anilines is 1. The third-order valence-corrected chi connectivity index (χ3v) is 4.53. The molecule has 0 aliphatic carbocycles. The Morgan fingerprint density at radius 1 is 1.35 bits per heavy atom. The molecule has 1 N–H and O–H groups in total. The molecule has 2 rings (SSSR count). The number of thiophene rings is 1. The van der Waals surface area contributed by atoms with Crippen molar-refractivity contribution in [3.8, 4) is 0 Å². The van der Waals surface area contributed by atoms with Gasteiger partial charge in [-0.2, -0.15) is 0 Å². The number of halogens is 1. The molecular formula is C16H21FN2S. The van der Waals surface area contributed by atoms with Crippen LogP contribution in [-0.2, 0) is 6.42 Å². The van der Waals surface area contributed by atoms with Crippen molar-refractivity contribution in [1.29, 1.82) is 0 Å². The van der Waals surface area contributed by atoms with Crippen molar-refractivity contribution < 1.29 is 4.39 Å². The third kappa shape index (κ3) is 3.58. The number of benzene rings is 1. The van der Waals surface area contributed by atoms with E-state index in [-0.39, 0.29) is 11.9 Å². The predicted molar refractivity (Wildman–Crippen MR) is 85.2 cm³/mol. The molecule has 0 amide bonds. The molecule has 1 atom stereocenters. The lowest BCUT2D eigenvalue weighted by molar-refractivity contribution is 0.605. The van der Waals surface area contributed by atoms with Gasteiger partial charge in [0.1, 0.15) is 5.82 Å². The van der Waals surface area contributed by atoms with Crippen molar-refractivity contribution in [3.63, 3.8) is 0 Å². The molecule has 2 aromatic rings.